The lowest BCUT2D eigenvalue weighted by atomic mass is 9.99. The molecule has 1 aromatic heterocycles. The van der Waals surface area contributed by atoms with E-state index in [4.69, 9.17) is 28.1 Å². The van der Waals surface area contributed by atoms with Crippen LogP contribution >= 0.6 is 0 Å². The minimum absolute atomic E-state index is 0.103. The highest BCUT2D eigenvalue weighted by atomic mass is 16.7. The summed E-state index contributed by atoms with van der Waals surface area (Å²) < 4.78 is 32.9. The highest BCUT2D eigenvalue weighted by Gasteiger charge is 2.48. The average molecular weight is 667 g/mol. The SMILES string of the molecule is COc1cc(/C=C/C(=O)OC[C@H]2O[C@@H](Oc3c(-c4ccc(O)cc4)oc4cc(O)cc(O)c4c3=O)[C@H](O)[C@@H](O)[C@@H]2OC(C)=O)ccc1O. The van der Waals surface area contributed by atoms with Crippen molar-refractivity contribution in [3.05, 3.63) is 76.5 Å². The molecule has 3 aromatic carbocycles. The van der Waals surface area contributed by atoms with Crippen LogP contribution in [0.15, 0.2) is 69.9 Å². The van der Waals surface area contributed by atoms with Crippen LogP contribution in [0, 0.1) is 0 Å². The lowest BCUT2D eigenvalue weighted by molar-refractivity contribution is -0.282. The van der Waals surface area contributed by atoms with E-state index in [1.807, 2.05) is 0 Å². The van der Waals surface area contributed by atoms with E-state index < -0.39 is 77.3 Å². The van der Waals surface area contributed by atoms with Gasteiger partial charge >= 0.3 is 11.9 Å². The topological polar surface area (TPSA) is 232 Å². The van der Waals surface area contributed by atoms with Gasteiger partial charge in [-0.3, -0.25) is 9.59 Å². The Labute approximate surface area is 271 Å². The minimum atomic E-state index is -1.94. The van der Waals surface area contributed by atoms with E-state index in [0.29, 0.717) is 5.56 Å². The molecule has 0 radical (unpaired) electrons. The molecule has 15 heteroatoms. The van der Waals surface area contributed by atoms with Crippen LogP contribution in [-0.4, -0.2) is 87.0 Å². The molecule has 0 amide bonds. The van der Waals surface area contributed by atoms with Gasteiger partial charge in [-0.2, -0.15) is 0 Å². The minimum Gasteiger partial charge on any atom is -0.508 e. The number of aliphatic hydroxyl groups is 2. The summed E-state index contributed by atoms with van der Waals surface area (Å²) in [5.74, 6) is -3.69. The van der Waals surface area contributed by atoms with E-state index in [9.17, 15) is 45.0 Å². The van der Waals surface area contributed by atoms with E-state index in [1.165, 1.54) is 55.7 Å². The summed E-state index contributed by atoms with van der Waals surface area (Å²) in [6, 6.07) is 11.7. The number of phenols is 4. The van der Waals surface area contributed by atoms with Crippen LogP contribution in [0.25, 0.3) is 28.4 Å². The zero-order valence-electron chi connectivity index (χ0n) is 25.3. The van der Waals surface area contributed by atoms with Crippen molar-refractivity contribution in [2.24, 2.45) is 0 Å². The number of fused-ring (bicyclic) bond motifs is 1. The standard InChI is InChI=1S/C33H30O15/c1-15(34)45-31-24(14-44-25(39)10-4-16-3-9-20(37)22(11-16)43-2)47-33(29(42)28(31)41)48-32-27(40)26-21(38)12-19(36)13-23(26)46-30(32)17-5-7-18(35)8-6-17/h3-13,24,28-29,31,33,35-38,41-42H,14H2,1-2H3/b10-4+/t24-,28-,29-,31-,33+/m1/s1. The fourth-order valence-electron chi connectivity index (χ4n) is 4.94. The Morgan fingerprint density at radius 1 is 0.917 bits per heavy atom. The average Bonchev–Trinajstić information content (AvgIpc) is 3.04. The summed E-state index contributed by atoms with van der Waals surface area (Å²) in [7, 11) is 1.36. The predicted octanol–water partition coefficient (Wildman–Crippen LogP) is 2.30. The van der Waals surface area contributed by atoms with Crippen molar-refractivity contribution in [1.82, 2.24) is 0 Å². The number of benzene rings is 3. The number of methoxy groups -OCH3 is 1. The second-order valence-electron chi connectivity index (χ2n) is 10.6. The van der Waals surface area contributed by atoms with Gasteiger partial charge in [0.25, 0.3) is 0 Å². The normalized spacial score (nSPS) is 20.8. The van der Waals surface area contributed by atoms with Crippen molar-refractivity contribution >= 4 is 29.0 Å². The molecule has 48 heavy (non-hydrogen) atoms. The van der Waals surface area contributed by atoms with Crippen LogP contribution in [0.2, 0.25) is 0 Å². The van der Waals surface area contributed by atoms with Gasteiger partial charge in [-0.05, 0) is 48.0 Å². The third kappa shape index (κ3) is 7.12. The summed E-state index contributed by atoms with van der Waals surface area (Å²) in [5.41, 5.74) is -0.503. The summed E-state index contributed by atoms with van der Waals surface area (Å²) in [6.07, 6.45) is -6.22. The van der Waals surface area contributed by atoms with Crippen molar-refractivity contribution in [3.63, 3.8) is 0 Å². The second kappa shape index (κ2) is 13.9. The Bertz CT molecular complexity index is 1910. The quantitative estimate of drug-likeness (QED) is 0.111. The van der Waals surface area contributed by atoms with Crippen molar-refractivity contribution < 1.29 is 68.3 Å². The van der Waals surface area contributed by atoms with Gasteiger partial charge in [-0.25, -0.2) is 4.79 Å². The Morgan fingerprint density at radius 2 is 1.65 bits per heavy atom. The molecule has 1 aliphatic heterocycles. The third-order valence-electron chi connectivity index (χ3n) is 7.23. The van der Waals surface area contributed by atoms with Crippen LogP contribution < -0.4 is 14.9 Å². The highest BCUT2D eigenvalue weighted by Crippen LogP contribution is 2.38. The number of hydrogen-bond donors (Lipinski definition) is 6. The van der Waals surface area contributed by atoms with Gasteiger partial charge in [0.1, 0.15) is 53.1 Å². The molecule has 0 saturated carbocycles. The summed E-state index contributed by atoms with van der Waals surface area (Å²) in [6.45, 7) is 0.425. The van der Waals surface area contributed by atoms with Crippen molar-refractivity contribution in [3.8, 4) is 45.8 Å². The van der Waals surface area contributed by atoms with Crippen LogP contribution in [0.4, 0.5) is 0 Å². The number of aliphatic hydroxyl groups excluding tert-OH is 2. The van der Waals surface area contributed by atoms with Crippen molar-refractivity contribution in [1.29, 1.82) is 0 Å². The maximum Gasteiger partial charge on any atom is 0.330 e. The highest BCUT2D eigenvalue weighted by molar-refractivity contribution is 5.88. The van der Waals surface area contributed by atoms with E-state index >= 15 is 0 Å². The number of rotatable bonds is 9. The van der Waals surface area contributed by atoms with Gasteiger partial charge in [0.15, 0.2) is 23.4 Å². The number of hydrogen-bond acceptors (Lipinski definition) is 15. The maximum absolute atomic E-state index is 13.7. The van der Waals surface area contributed by atoms with Crippen LogP contribution in [0.3, 0.4) is 0 Å². The summed E-state index contributed by atoms with van der Waals surface area (Å²) in [4.78, 5) is 38.1. The van der Waals surface area contributed by atoms with Crippen LogP contribution in [0.1, 0.15) is 12.5 Å². The first-order valence-corrected chi connectivity index (χ1v) is 14.3. The van der Waals surface area contributed by atoms with Crippen molar-refractivity contribution in [2.75, 3.05) is 13.7 Å². The first-order valence-electron chi connectivity index (χ1n) is 14.3. The molecule has 0 unspecified atom stereocenters. The number of esters is 2. The zero-order chi connectivity index (χ0) is 34.7. The van der Waals surface area contributed by atoms with Gasteiger partial charge in [0.2, 0.25) is 17.5 Å². The molecule has 5 rings (SSSR count). The fraction of sp³-hybridized carbons (Fsp3) is 0.242. The molecule has 15 nitrogen and oxygen atoms in total. The Kier molecular flexibility index (Phi) is 9.74. The molecule has 5 atom stereocenters. The van der Waals surface area contributed by atoms with E-state index in [1.54, 1.807) is 0 Å². The first kappa shape index (κ1) is 33.6. The smallest absolute Gasteiger partial charge is 0.330 e. The molecule has 1 fully saturated rings. The maximum atomic E-state index is 13.7. The molecule has 6 N–H and O–H groups in total. The van der Waals surface area contributed by atoms with Crippen LogP contribution in [0.5, 0.6) is 34.5 Å². The van der Waals surface area contributed by atoms with E-state index in [2.05, 4.69) is 0 Å². The largest absolute Gasteiger partial charge is 0.508 e. The molecule has 1 saturated heterocycles. The summed E-state index contributed by atoms with van der Waals surface area (Å²) >= 11 is 0. The number of ether oxygens (including phenoxy) is 5. The zero-order valence-corrected chi connectivity index (χ0v) is 25.3. The number of phenolic OH excluding ortho intramolecular Hbond substituents is 4. The van der Waals surface area contributed by atoms with Crippen LogP contribution in [-0.2, 0) is 23.8 Å². The number of carbonyl (C=O) groups excluding carboxylic acids is 2. The van der Waals surface area contributed by atoms with Gasteiger partial charge in [-0.15, -0.1) is 0 Å². The van der Waals surface area contributed by atoms with Gasteiger partial charge in [0, 0.05) is 30.7 Å². The monoisotopic (exact) mass is 666 g/mol. The molecule has 4 aromatic rings. The number of aromatic hydroxyl groups is 4. The summed E-state index contributed by atoms with van der Waals surface area (Å²) in [5, 5.41) is 61.5. The first-order chi connectivity index (χ1) is 22.9. The second-order valence-corrected chi connectivity index (χ2v) is 10.6. The Morgan fingerprint density at radius 3 is 2.33 bits per heavy atom. The molecule has 252 valence electrons. The fourth-order valence-corrected chi connectivity index (χ4v) is 4.94. The van der Waals surface area contributed by atoms with Gasteiger partial charge in [-0.1, -0.05) is 6.07 Å². The number of carbonyl (C=O) groups is 2. The Balaban J connectivity index is 1.44. The molecule has 1 aliphatic rings. The third-order valence-corrected chi connectivity index (χ3v) is 7.23. The van der Waals surface area contributed by atoms with E-state index in [0.717, 1.165) is 25.1 Å². The molecule has 0 spiro atoms. The van der Waals surface area contributed by atoms with Crippen molar-refractivity contribution in [2.45, 2.75) is 37.6 Å². The molecular weight excluding hydrogens is 636 g/mol. The molecular formula is C33H30O15. The Hall–Kier alpha value is -5.77. The van der Waals surface area contributed by atoms with Gasteiger partial charge < -0.3 is 58.7 Å². The van der Waals surface area contributed by atoms with Gasteiger partial charge in [0.05, 0.1) is 7.11 Å². The lowest BCUT2D eigenvalue weighted by Crippen LogP contribution is -2.61. The predicted molar refractivity (Wildman–Crippen MR) is 164 cm³/mol. The lowest BCUT2D eigenvalue weighted by Gasteiger charge is -2.41. The molecule has 2 heterocycles. The molecule has 0 bridgehead atoms. The molecule has 0 aliphatic carbocycles. The van der Waals surface area contributed by atoms with E-state index in [-0.39, 0.29) is 34.2 Å².